The second kappa shape index (κ2) is 5.79. The molecule has 0 saturated heterocycles. The van der Waals surface area contributed by atoms with E-state index in [0.717, 1.165) is 0 Å². The number of nitrogens with zero attached hydrogens (tertiary/aromatic N) is 1. The molecular formula is C13H15N3O3S. The first-order chi connectivity index (χ1) is 9.53. The maximum absolute atomic E-state index is 12.3. The van der Waals surface area contributed by atoms with Crippen LogP contribution < -0.4 is 15.2 Å². The summed E-state index contributed by atoms with van der Waals surface area (Å²) in [6, 6.07) is 9.50. The maximum atomic E-state index is 12.3. The standard InChI is InChI=1S/C13H15N3O3S/c1-2-19-12-6-4-3-5-11(12)16-20(17,18)10-7-8-15-13(14)9-10/h3-9,16H,2H2,1H3,(H2,14,15). The van der Waals surface area contributed by atoms with Gasteiger partial charge in [-0.15, -0.1) is 0 Å². The molecule has 6 nitrogen and oxygen atoms in total. The number of hydrogen-bond donors (Lipinski definition) is 2. The Hall–Kier alpha value is -2.28. The van der Waals surface area contributed by atoms with E-state index >= 15 is 0 Å². The van der Waals surface area contributed by atoms with Crippen molar-refractivity contribution in [3.8, 4) is 5.75 Å². The lowest BCUT2D eigenvalue weighted by Crippen LogP contribution is -2.14. The lowest BCUT2D eigenvalue weighted by Gasteiger charge is -2.12. The van der Waals surface area contributed by atoms with Crippen molar-refractivity contribution in [2.75, 3.05) is 17.1 Å². The summed E-state index contributed by atoms with van der Waals surface area (Å²) in [6.07, 6.45) is 1.35. The molecule has 0 fully saturated rings. The van der Waals surface area contributed by atoms with E-state index in [9.17, 15) is 8.42 Å². The molecule has 2 rings (SSSR count). The number of hydrogen-bond acceptors (Lipinski definition) is 5. The van der Waals surface area contributed by atoms with Crippen LogP contribution in [-0.4, -0.2) is 20.0 Å². The molecule has 7 heteroatoms. The Bertz CT molecular complexity index is 702. The quantitative estimate of drug-likeness (QED) is 0.877. The van der Waals surface area contributed by atoms with Gasteiger partial charge in [-0.25, -0.2) is 13.4 Å². The Balaban J connectivity index is 2.34. The molecule has 0 radical (unpaired) electrons. The largest absolute Gasteiger partial charge is 0.492 e. The van der Waals surface area contributed by atoms with Crippen molar-refractivity contribution in [2.45, 2.75) is 11.8 Å². The highest BCUT2D eigenvalue weighted by molar-refractivity contribution is 7.92. The van der Waals surface area contributed by atoms with Crippen molar-refractivity contribution in [3.63, 3.8) is 0 Å². The van der Waals surface area contributed by atoms with Crippen LogP contribution in [0.25, 0.3) is 0 Å². The zero-order valence-corrected chi connectivity index (χ0v) is 11.7. The van der Waals surface area contributed by atoms with E-state index < -0.39 is 10.0 Å². The van der Waals surface area contributed by atoms with Crippen LogP contribution in [0.5, 0.6) is 5.75 Å². The minimum Gasteiger partial charge on any atom is -0.492 e. The van der Waals surface area contributed by atoms with Crippen molar-refractivity contribution in [1.82, 2.24) is 4.98 Å². The Morgan fingerprint density at radius 1 is 1.30 bits per heavy atom. The van der Waals surface area contributed by atoms with Gasteiger partial charge in [0, 0.05) is 12.3 Å². The normalized spacial score (nSPS) is 11.1. The number of pyridine rings is 1. The molecule has 0 atom stereocenters. The van der Waals surface area contributed by atoms with Crippen LogP contribution >= 0.6 is 0 Å². The highest BCUT2D eigenvalue weighted by atomic mass is 32.2. The van der Waals surface area contributed by atoms with Gasteiger partial charge in [0.05, 0.1) is 17.2 Å². The predicted molar refractivity (Wildman–Crippen MR) is 77.1 cm³/mol. The topological polar surface area (TPSA) is 94.3 Å². The number of ether oxygens (including phenoxy) is 1. The van der Waals surface area contributed by atoms with E-state index in [-0.39, 0.29) is 10.7 Å². The number of sulfonamides is 1. The molecule has 3 N–H and O–H groups in total. The third kappa shape index (κ3) is 3.18. The van der Waals surface area contributed by atoms with Crippen molar-refractivity contribution in [2.24, 2.45) is 0 Å². The summed E-state index contributed by atoms with van der Waals surface area (Å²) < 4.78 is 32.4. The van der Waals surface area contributed by atoms with Gasteiger partial charge in [-0.1, -0.05) is 12.1 Å². The summed E-state index contributed by atoms with van der Waals surface area (Å²) in [7, 11) is -3.73. The highest BCUT2D eigenvalue weighted by Crippen LogP contribution is 2.26. The molecule has 2 aromatic rings. The minimum atomic E-state index is -3.73. The fourth-order valence-electron chi connectivity index (χ4n) is 1.63. The number of nitrogens with one attached hydrogen (secondary N) is 1. The number of rotatable bonds is 5. The summed E-state index contributed by atoms with van der Waals surface area (Å²) in [6.45, 7) is 2.27. The van der Waals surface area contributed by atoms with Gasteiger partial charge >= 0.3 is 0 Å². The van der Waals surface area contributed by atoms with Crippen molar-refractivity contribution in [3.05, 3.63) is 42.6 Å². The third-order valence-electron chi connectivity index (χ3n) is 2.49. The monoisotopic (exact) mass is 293 g/mol. The molecular weight excluding hydrogens is 278 g/mol. The number of anilines is 2. The predicted octanol–water partition coefficient (Wildman–Crippen LogP) is 1.86. The summed E-state index contributed by atoms with van der Waals surface area (Å²) in [5.41, 5.74) is 5.88. The van der Waals surface area contributed by atoms with Crippen molar-refractivity contribution < 1.29 is 13.2 Å². The second-order valence-electron chi connectivity index (χ2n) is 3.95. The SMILES string of the molecule is CCOc1ccccc1NS(=O)(=O)c1ccnc(N)c1. The molecule has 0 amide bonds. The van der Waals surface area contributed by atoms with E-state index in [1.807, 2.05) is 6.92 Å². The van der Waals surface area contributed by atoms with Gasteiger partial charge in [0.15, 0.2) is 0 Å². The molecule has 20 heavy (non-hydrogen) atoms. The van der Waals surface area contributed by atoms with Gasteiger partial charge in [-0.2, -0.15) is 0 Å². The van der Waals surface area contributed by atoms with Crippen molar-refractivity contribution >= 4 is 21.5 Å². The fraction of sp³-hybridized carbons (Fsp3) is 0.154. The molecule has 1 aromatic heterocycles. The van der Waals surface area contributed by atoms with Gasteiger partial charge in [-0.3, -0.25) is 4.72 Å². The van der Waals surface area contributed by atoms with Crippen LogP contribution in [-0.2, 0) is 10.0 Å². The zero-order valence-electron chi connectivity index (χ0n) is 10.9. The van der Waals surface area contributed by atoms with Gasteiger partial charge in [-0.05, 0) is 25.1 Å². The molecule has 1 heterocycles. The summed E-state index contributed by atoms with van der Waals surface area (Å²) in [5.74, 6) is 0.617. The number of nitrogens with two attached hydrogens (primary N) is 1. The molecule has 0 aliphatic carbocycles. The first-order valence-electron chi connectivity index (χ1n) is 5.99. The molecule has 0 unspecified atom stereocenters. The van der Waals surface area contributed by atoms with Crippen LogP contribution in [0.15, 0.2) is 47.5 Å². The van der Waals surface area contributed by atoms with E-state index in [4.69, 9.17) is 10.5 Å². The van der Waals surface area contributed by atoms with E-state index in [2.05, 4.69) is 9.71 Å². The number of para-hydroxylation sites is 2. The lowest BCUT2D eigenvalue weighted by atomic mass is 10.3. The maximum Gasteiger partial charge on any atom is 0.262 e. The van der Waals surface area contributed by atoms with Gasteiger partial charge < -0.3 is 10.5 Å². The molecule has 106 valence electrons. The number of nitrogen functional groups attached to an aromatic ring is 1. The average Bonchev–Trinajstić information content (AvgIpc) is 2.41. The van der Waals surface area contributed by atoms with Crippen LogP contribution in [0.4, 0.5) is 11.5 Å². The molecule has 0 aliphatic heterocycles. The van der Waals surface area contributed by atoms with Crippen molar-refractivity contribution in [1.29, 1.82) is 0 Å². The van der Waals surface area contributed by atoms with Crippen LogP contribution in [0.1, 0.15) is 6.92 Å². The lowest BCUT2D eigenvalue weighted by molar-refractivity contribution is 0.342. The van der Waals surface area contributed by atoms with E-state index in [0.29, 0.717) is 18.0 Å². The Kier molecular flexibility index (Phi) is 4.09. The zero-order chi connectivity index (χ0) is 14.6. The van der Waals surface area contributed by atoms with Crippen LogP contribution in [0.3, 0.4) is 0 Å². The van der Waals surface area contributed by atoms with E-state index in [1.54, 1.807) is 24.3 Å². The number of benzene rings is 1. The van der Waals surface area contributed by atoms with E-state index in [1.165, 1.54) is 18.3 Å². The first kappa shape index (κ1) is 14.1. The smallest absolute Gasteiger partial charge is 0.262 e. The first-order valence-corrected chi connectivity index (χ1v) is 7.47. The summed E-state index contributed by atoms with van der Waals surface area (Å²) >= 11 is 0. The van der Waals surface area contributed by atoms with Crippen LogP contribution in [0.2, 0.25) is 0 Å². The van der Waals surface area contributed by atoms with Gasteiger partial charge in [0.1, 0.15) is 11.6 Å². The molecule has 0 spiro atoms. The minimum absolute atomic E-state index is 0.0521. The van der Waals surface area contributed by atoms with Gasteiger partial charge in [0.2, 0.25) is 0 Å². The fourth-order valence-corrected chi connectivity index (χ4v) is 2.72. The Morgan fingerprint density at radius 2 is 2.05 bits per heavy atom. The second-order valence-corrected chi connectivity index (χ2v) is 5.63. The summed E-state index contributed by atoms with van der Waals surface area (Å²) in [4.78, 5) is 3.82. The highest BCUT2D eigenvalue weighted by Gasteiger charge is 2.16. The Labute approximate surface area is 117 Å². The molecule has 1 aromatic carbocycles. The molecule has 0 bridgehead atoms. The number of aromatic nitrogens is 1. The molecule has 0 aliphatic rings. The van der Waals surface area contributed by atoms with Gasteiger partial charge in [0.25, 0.3) is 10.0 Å². The Morgan fingerprint density at radius 3 is 2.75 bits per heavy atom. The third-order valence-corrected chi connectivity index (χ3v) is 3.86. The van der Waals surface area contributed by atoms with Crippen LogP contribution in [0, 0.1) is 0 Å². The average molecular weight is 293 g/mol. The summed E-state index contributed by atoms with van der Waals surface area (Å²) in [5, 5.41) is 0. The molecule has 0 saturated carbocycles.